The van der Waals surface area contributed by atoms with Crippen LogP contribution in [0.1, 0.15) is 64.7 Å². The topological polar surface area (TPSA) is 78.6 Å². The van der Waals surface area contributed by atoms with Gasteiger partial charge in [-0.2, -0.15) is 4.98 Å². The molecule has 0 saturated heterocycles. The summed E-state index contributed by atoms with van der Waals surface area (Å²) >= 11 is 4.35. The van der Waals surface area contributed by atoms with E-state index in [1.54, 1.807) is 12.1 Å². The van der Waals surface area contributed by atoms with E-state index in [1.165, 1.54) is 25.3 Å². The van der Waals surface area contributed by atoms with Crippen LogP contribution in [0.3, 0.4) is 0 Å². The first kappa shape index (κ1) is 31.7. The number of halogens is 4. The van der Waals surface area contributed by atoms with E-state index in [-0.39, 0.29) is 22.8 Å². The van der Waals surface area contributed by atoms with Crippen LogP contribution in [-0.4, -0.2) is 32.0 Å². The minimum absolute atomic E-state index is 0.0629. The number of alkyl halides is 2. The van der Waals surface area contributed by atoms with E-state index in [9.17, 15) is 18.4 Å². The summed E-state index contributed by atoms with van der Waals surface area (Å²) in [5, 5.41) is 0.530. The van der Waals surface area contributed by atoms with Crippen molar-refractivity contribution in [1.82, 2.24) is 4.98 Å². The summed E-state index contributed by atoms with van der Waals surface area (Å²) in [6.45, 7) is 2.91. The summed E-state index contributed by atoms with van der Waals surface area (Å²) in [6, 6.07) is 7.81. The third kappa shape index (κ3) is 10.3. The molecule has 6 nitrogen and oxygen atoms in total. The molecule has 2 aromatic heterocycles. The molecule has 0 bridgehead atoms. The number of hydrogen-bond donors (Lipinski definition) is 0. The Balaban J connectivity index is 1.29. The first-order chi connectivity index (χ1) is 18.7. The highest BCUT2D eigenvalue weighted by Crippen LogP contribution is 2.24. The zero-order chi connectivity index (χ0) is 28.3. The van der Waals surface area contributed by atoms with Gasteiger partial charge in [-0.1, -0.05) is 90.1 Å². The van der Waals surface area contributed by atoms with Gasteiger partial charge in [0.1, 0.15) is 15.1 Å². The van der Waals surface area contributed by atoms with Gasteiger partial charge in [-0.3, -0.25) is 4.79 Å². The molecule has 0 aliphatic carbocycles. The molecule has 1 atom stereocenters. The van der Waals surface area contributed by atoms with Crippen LogP contribution < -0.4 is 10.4 Å². The van der Waals surface area contributed by atoms with Crippen molar-refractivity contribution in [3.8, 4) is 17.0 Å². The second-order valence-electron chi connectivity index (χ2n) is 9.65. The maximum Gasteiger partial charge on any atom is 0.345 e. The molecule has 1 unspecified atom stereocenters. The molecule has 39 heavy (non-hydrogen) atoms. The predicted octanol–water partition coefficient (Wildman–Crippen LogP) is 8.19. The van der Waals surface area contributed by atoms with E-state index in [2.05, 4.69) is 50.2 Å². The maximum atomic E-state index is 13.6. The van der Waals surface area contributed by atoms with Gasteiger partial charge in [-0.25, -0.2) is 13.6 Å². The first-order valence-electron chi connectivity index (χ1n) is 13.2. The molecule has 0 N–H and O–H groups in total. The zero-order valence-corrected chi connectivity index (χ0v) is 26.3. The van der Waals surface area contributed by atoms with Gasteiger partial charge < -0.3 is 13.9 Å². The Morgan fingerprint density at radius 3 is 2.13 bits per heavy atom. The lowest BCUT2D eigenvalue weighted by atomic mass is 10.1. The highest BCUT2D eigenvalue weighted by Gasteiger charge is 2.30. The van der Waals surface area contributed by atoms with Gasteiger partial charge in [0.25, 0.3) is 0 Å². The van der Waals surface area contributed by atoms with Crippen molar-refractivity contribution in [2.45, 2.75) is 68.1 Å². The number of fused-ring (bicyclic) bond motifs is 1. The van der Waals surface area contributed by atoms with Crippen LogP contribution in [0, 0.1) is 11.6 Å². The molecule has 0 aliphatic rings. The van der Waals surface area contributed by atoms with Crippen molar-refractivity contribution in [3.05, 3.63) is 58.5 Å². The van der Waals surface area contributed by atoms with Crippen LogP contribution in [0.15, 0.2) is 45.6 Å². The van der Waals surface area contributed by atoms with Crippen molar-refractivity contribution in [2.24, 2.45) is 0 Å². The number of carbonyl (C=O) groups is 1. The molecule has 2 heterocycles. The molecule has 1 aromatic carbocycles. The SMILES string of the molecule is CC(I)(CI)C(=O)OCCCCCCCCCCCOc1ccc2cc(-c3cc(F)cc(F)c3)c(=O)oc2n1. The zero-order valence-electron chi connectivity index (χ0n) is 21.9. The lowest BCUT2D eigenvalue weighted by molar-refractivity contribution is -0.144. The molecule has 0 aliphatic heterocycles. The maximum absolute atomic E-state index is 13.6. The van der Waals surface area contributed by atoms with Crippen molar-refractivity contribution in [2.75, 3.05) is 17.6 Å². The predicted molar refractivity (Wildman–Crippen MR) is 165 cm³/mol. The molecular weight excluding hydrogens is 734 g/mol. The smallest absolute Gasteiger partial charge is 0.345 e. The second-order valence-corrected chi connectivity index (χ2v) is 12.8. The monoisotopic (exact) mass is 767 g/mol. The molecule has 212 valence electrons. The summed E-state index contributed by atoms with van der Waals surface area (Å²) in [5.74, 6) is -1.30. The summed E-state index contributed by atoms with van der Waals surface area (Å²) in [5.41, 5.74) is -0.443. The van der Waals surface area contributed by atoms with Gasteiger partial charge >= 0.3 is 11.6 Å². The average Bonchev–Trinajstić information content (AvgIpc) is 2.90. The Morgan fingerprint density at radius 1 is 0.923 bits per heavy atom. The van der Waals surface area contributed by atoms with E-state index in [4.69, 9.17) is 13.9 Å². The van der Waals surface area contributed by atoms with Gasteiger partial charge in [-0.15, -0.1) is 0 Å². The molecule has 3 aromatic rings. The van der Waals surface area contributed by atoms with Crippen LogP contribution in [0.5, 0.6) is 5.88 Å². The van der Waals surface area contributed by atoms with Crippen molar-refractivity contribution in [3.63, 3.8) is 0 Å². The summed E-state index contributed by atoms with van der Waals surface area (Å²) < 4.78 is 43.8. The molecule has 0 saturated carbocycles. The minimum Gasteiger partial charge on any atom is -0.478 e. The lowest BCUT2D eigenvalue weighted by Gasteiger charge is -2.17. The van der Waals surface area contributed by atoms with Crippen LogP contribution in [-0.2, 0) is 9.53 Å². The van der Waals surface area contributed by atoms with Gasteiger partial charge in [0.2, 0.25) is 11.6 Å². The Morgan fingerprint density at radius 2 is 1.51 bits per heavy atom. The Hall–Kier alpha value is -1.83. The number of esters is 1. The number of pyridine rings is 1. The van der Waals surface area contributed by atoms with Crippen molar-refractivity contribution in [1.29, 1.82) is 0 Å². The number of aromatic nitrogens is 1. The highest BCUT2D eigenvalue weighted by molar-refractivity contribution is 14.1. The number of carbonyl (C=O) groups excluding carboxylic acids is 1. The molecule has 0 spiro atoms. The van der Waals surface area contributed by atoms with Gasteiger partial charge in [-0.05, 0) is 49.6 Å². The second kappa shape index (κ2) is 15.8. The fraction of sp³-hybridized carbons (Fsp3) is 0.483. The van der Waals surface area contributed by atoms with Crippen molar-refractivity contribution < 1.29 is 27.5 Å². The number of nitrogens with zero attached hydrogens (tertiary/aromatic N) is 1. The highest BCUT2D eigenvalue weighted by atomic mass is 127. The lowest BCUT2D eigenvalue weighted by Crippen LogP contribution is -2.32. The van der Waals surface area contributed by atoms with E-state index < -0.39 is 20.7 Å². The fourth-order valence-corrected chi connectivity index (χ4v) is 4.43. The van der Waals surface area contributed by atoms with Gasteiger partial charge in [0.15, 0.2) is 0 Å². The minimum atomic E-state index is -0.769. The Labute approximate surface area is 254 Å². The largest absolute Gasteiger partial charge is 0.478 e. The summed E-state index contributed by atoms with van der Waals surface area (Å²) in [7, 11) is 0. The molecule has 10 heteroatoms. The van der Waals surface area contributed by atoms with E-state index in [1.807, 2.05) is 6.92 Å². The molecular formula is C29H33F2I2NO5. The van der Waals surface area contributed by atoms with Gasteiger partial charge in [0, 0.05) is 21.9 Å². The third-order valence-electron chi connectivity index (χ3n) is 6.20. The number of rotatable bonds is 16. The summed E-state index contributed by atoms with van der Waals surface area (Å²) in [4.78, 5) is 28.6. The van der Waals surface area contributed by atoms with Crippen LogP contribution in [0.4, 0.5) is 8.78 Å². The normalized spacial score (nSPS) is 12.8. The van der Waals surface area contributed by atoms with Crippen LogP contribution in [0.2, 0.25) is 0 Å². The standard InChI is InChI=1S/C29H33F2I2NO5/c1-29(33,19-32)28(36)38-14-10-8-6-4-2-3-5-7-9-13-37-25-12-11-20-17-24(27(35)39-26(20)34-25)21-15-22(30)18-23(31)16-21/h11-12,15-18H,2-10,13-14,19H2,1H3. The Bertz CT molecular complexity index is 1280. The van der Waals surface area contributed by atoms with E-state index in [0.29, 0.717) is 24.5 Å². The Kier molecular flexibility index (Phi) is 12.9. The van der Waals surface area contributed by atoms with Gasteiger partial charge in [0.05, 0.1) is 18.8 Å². The van der Waals surface area contributed by atoms with E-state index in [0.717, 1.165) is 61.2 Å². The molecule has 3 rings (SSSR count). The fourth-order valence-electron chi connectivity index (χ4n) is 3.96. The van der Waals surface area contributed by atoms with Crippen molar-refractivity contribution >= 4 is 62.3 Å². The quantitative estimate of drug-likeness (QED) is 0.0634. The molecule has 0 fully saturated rings. The van der Waals surface area contributed by atoms with Crippen LogP contribution >= 0.6 is 45.2 Å². The number of ether oxygens (including phenoxy) is 2. The number of benzene rings is 1. The average molecular weight is 767 g/mol. The molecule has 0 amide bonds. The first-order valence-corrected chi connectivity index (χ1v) is 15.8. The summed E-state index contributed by atoms with van der Waals surface area (Å²) in [6.07, 6.45) is 9.78. The van der Waals surface area contributed by atoms with E-state index >= 15 is 0 Å². The number of hydrogen-bond acceptors (Lipinski definition) is 6. The third-order valence-corrected chi connectivity index (χ3v) is 10.0. The number of unbranched alkanes of at least 4 members (excludes halogenated alkanes) is 8. The van der Waals surface area contributed by atoms with Crippen LogP contribution in [0.25, 0.3) is 22.2 Å². The molecule has 0 radical (unpaired) electrons.